The highest BCUT2D eigenvalue weighted by Crippen LogP contribution is 2.46. The maximum Gasteiger partial charge on any atom is 0.139 e. The molecule has 49 heavy (non-hydrogen) atoms. The standard InChI is InChI=1S/C40H32B8O/c41-33-29-27(21-11-5-8-18-16-15-17-7-1-2-9-19(17)25(18)21)30-32(36(44)40(48)38(46)34(30)42)28(31(29)35(43)39(47)37(33)45)22-12-6-14-24-26(22)20-10-3-4-13-23(20)49-24/h1-16H,41-48H2. The van der Waals surface area contributed by atoms with E-state index in [1.165, 1.54) is 114 Å². The second-order valence-corrected chi connectivity index (χ2v) is 14.2. The van der Waals surface area contributed by atoms with Gasteiger partial charge in [-0.2, -0.15) is 0 Å². The van der Waals surface area contributed by atoms with E-state index in [4.69, 9.17) is 4.42 Å². The molecule has 0 N–H and O–H groups in total. The van der Waals surface area contributed by atoms with Crippen LogP contribution in [0.3, 0.4) is 0 Å². The summed E-state index contributed by atoms with van der Waals surface area (Å²) in [6.07, 6.45) is 0. The minimum Gasteiger partial charge on any atom is -0.456 e. The average molecular weight is 615 g/mol. The third-order valence-electron chi connectivity index (χ3n) is 12.1. The summed E-state index contributed by atoms with van der Waals surface area (Å²) >= 11 is 0. The minimum absolute atomic E-state index is 0.928. The van der Waals surface area contributed by atoms with Crippen molar-refractivity contribution in [3.63, 3.8) is 0 Å². The zero-order valence-electron chi connectivity index (χ0n) is 29.6. The van der Waals surface area contributed by atoms with E-state index in [-0.39, 0.29) is 0 Å². The Morgan fingerprint density at radius 2 is 0.735 bits per heavy atom. The Labute approximate surface area is 294 Å². The molecule has 0 radical (unpaired) electrons. The molecule has 9 heteroatoms. The van der Waals surface area contributed by atoms with E-state index in [1.807, 2.05) is 0 Å². The van der Waals surface area contributed by atoms with Crippen LogP contribution in [0.1, 0.15) is 0 Å². The molecule has 0 aliphatic rings. The van der Waals surface area contributed by atoms with Gasteiger partial charge in [0, 0.05) is 10.8 Å². The largest absolute Gasteiger partial charge is 0.456 e. The lowest BCUT2D eigenvalue weighted by molar-refractivity contribution is 0.669. The number of hydrogen-bond acceptors (Lipinski definition) is 1. The Morgan fingerprint density at radius 3 is 1.33 bits per heavy atom. The van der Waals surface area contributed by atoms with Gasteiger partial charge in [0.15, 0.2) is 0 Å². The number of fused-ring (bicyclic) bond motifs is 8. The number of furan rings is 1. The average Bonchev–Trinajstić information content (AvgIpc) is 3.52. The number of hydrogen-bond donors (Lipinski definition) is 0. The maximum absolute atomic E-state index is 6.51. The maximum atomic E-state index is 6.51. The van der Waals surface area contributed by atoms with Crippen molar-refractivity contribution in [1.82, 2.24) is 0 Å². The second-order valence-electron chi connectivity index (χ2n) is 14.2. The summed E-state index contributed by atoms with van der Waals surface area (Å²) in [5, 5.41) is 12.9. The highest BCUT2D eigenvalue weighted by Gasteiger charge is 2.27. The summed E-state index contributed by atoms with van der Waals surface area (Å²) in [7, 11) is 18.6. The van der Waals surface area contributed by atoms with Gasteiger partial charge in [0.05, 0.1) is 0 Å². The lowest BCUT2D eigenvalue weighted by Gasteiger charge is -2.28. The molecule has 0 fully saturated rings. The smallest absolute Gasteiger partial charge is 0.139 e. The van der Waals surface area contributed by atoms with Crippen LogP contribution in [0.25, 0.3) is 87.3 Å². The summed E-state index contributed by atoms with van der Waals surface area (Å²) in [5.41, 5.74) is 17.9. The Bertz CT molecular complexity index is 2850. The van der Waals surface area contributed by atoms with E-state index >= 15 is 0 Å². The predicted octanol–water partition coefficient (Wildman–Crippen LogP) is -2.40. The molecule has 1 heterocycles. The molecule has 1 aromatic heterocycles. The second kappa shape index (κ2) is 10.8. The van der Waals surface area contributed by atoms with Gasteiger partial charge in [0.2, 0.25) is 0 Å². The molecular formula is C40H32B8O. The molecule has 0 bridgehead atoms. The van der Waals surface area contributed by atoms with Gasteiger partial charge >= 0.3 is 0 Å². The van der Waals surface area contributed by atoms with Crippen molar-refractivity contribution < 1.29 is 4.42 Å². The van der Waals surface area contributed by atoms with Gasteiger partial charge in [0.25, 0.3) is 0 Å². The van der Waals surface area contributed by atoms with Gasteiger partial charge in [-0.05, 0) is 77.5 Å². The lowest BCUT2D eigenvalue weighted by Crippen LogP contribution is -2.50. The molecule has 0 saturated carbocycles. The molecule has 0 spiro atoms. The molecule has 0 atom stereocenters. The summed E-state index contributed by atoms with van der Waals surface area (Å²) < 4.78 is 6.51. The van der Waals surface area contributed by atoms with E-state index in [0.717, 1.165) is 16.6 Å². The van der Waals surface area contributed by atoms with Crippen molar-refractivity contribution in [2.24, 2.45) is 0 Å². The van der Waals surface area contributed by atoms with Gasteiger partial charge in [-0.15, -0.1) is 21.9 Å². The van der Waals surface area contributed by atoms with E-state index in [1.54, 1.807) is 0 Å². The van der Waals surface area contributed by atoms with Crippen LogP contribution in [0, 0.1) is 0 Å². The Balaban J connectivity index is 1.64. The van der Waals surface area contributed by atoms with Gasteiger partial charge < -0.3 is 4.42 Å². The van der Waals surface area contributed by atoms with Crippen LogP contribution in [-0.4, -0.2) is 62.8 Å². The van der Waals surface area contributed by atoms with Gasteiger partial charge in [-0.25, -0.2) is 0 Å². The van der Waals surface area contributed by atoms with Crippen LogP contribution in [0.5, 0.6) is 0 Å². The third kappa shape index (κ3) is 4.05. The molecule has 0 amide bonds. The van der Waals surface area contributed by atoms with Crippen LogP contribution >= 0.6 is 0 Å². The lowest BCUT2D eigenvalue weighted by atomic mass is 9.59. The molecule has 222 valence electrons. The molecule has 0 saturated heterocycles. The number of benzene rings is 8. The molecule has 0 aliphatic heterocycles. The summed E-state index contributed by atoms with van der Waals surface area (Å²) in [6, 6.07) is 35.5. The van der Waals surface area contributed by atoms with Gasteiger partial charge in [-0.1, -0.05) is 107 Å². The summed E-state index contributed by atoms with van der Waals surface area (Å²) in [6.45, 7) is 0. The number of rotatable bonds is 2. The molecular weight excluding hydrogens is 583 g/mol. The van der Waals surface area contributed by atoms with E-state index in [0.29, 0.717) is 0 Å². The topological polar surface area (TPSA) is 13.1 Å². The van der Waals surface area contributed by atoms with Gasteiger partial charge in [-0.3, -0.25) is 0 Å². The first-order chi connectivity index (χ1) is 23.7. The quantitative estimate of drug-likeness (QED) is 0.120. The van der Waals surface area contributed by atoms with Crippen LogP contribution in [0.4, 0.5) is 0 Å². The SMILES string of the molecule is Bc1c(B)c(B)c2c(-c3cccc4oc5ccccc5c34)c3c(B)c(B)c(B)c(B)c3c(-c3cccc4ccc5ccccc5c34)c2c1B. The fourth-order valence-corrected chi connectivity index (χ4v) is 8.91. The fraction of sp³-hybridized carbons (Fsp3) is 0. The van der Waals surface area contributed by atoms with Crippen LogP contribution < -0.4 is 43.7 Å². The summed E-state index contributed by atoms with van der Waals surface area (Å²) in [5.74, 6) is 0. The molecule has 1 nitrogen and oxygen atoms in total. The van der Waals surface area contributed by atoms with Crippen molar-refractivity contribution in [1.29, 1.82) is 0 Å². The first-order valence-electron chi connectivity index (χ1n) is 17.5. The number of para-hydroxylation sites is 1. The normalized spacial score (nSPS) is 11.9. The minimum atomic E-state index is 0.928. The highest BCUT2D eigenvalue weighted by molar-refractivity contribution is 6.71. The van der Waals surface area contributed by atoms with Crippen molar-refractivity contribution in [3.05, 3.63) is 97.1 Å². The van der Waals surface area contributed by atoms with E-state index in [2.05, 4.69) is 160 Å². The van der Waals surface area contributed by atoms with Crippen molar-refractivity contribution in [3.8, 4) is 22.3 Å². The van der Waals surface area contributed by atoms with Crippen molar-refractivity contribution in [2.45, 2.75) is 0 Å². The van der Waals surface area contributed by atoms with Crippen LogP contribution in [0.15, 0.2) is 101 Å². The van der Waals surface area contributed by atoms with Crippen LogP contribution in [-0.2, 0) is 0 Å². The molecule has 8 aromatic carbocycles. The monoisotopic (exact) mass is 616 g/mol. The predicted molar refractivity (Wildman–Crippen MR) is 240 cm³/mol. The highest BCUT2D eigenvalue weighted by atomic mass is 16.3. The van der Waals surface area contributed by atoms with Crippen molar-refractivity contribution >= 4 is 172 Å². The van der Waals surface area contributed by atoms with E-state index in [9.17, 15) is 0 Å². The van der Waals surface area contributed by atoms with Crippen molar-refractivity contribution in [2.75, 3.05) is 0 Å². The van der Waals surface area contributed by atoms with Gasteiger partial charge in [0.1, 0.15) is 73.9 Å². The third-order valence-corrected chi connectivity index (χ3v) is 12.1. The summed E-state index contributed by atoms with van der Waals surface area (Å²) in [4.78, 5) is 0. The zero-order valence-corrected chi connectivity index (χ0v) is 29.6. The zero-order chi connectivity index (χ0) is 33.9. The first-order valence-corrected chi connectivity index (χ1v) is 17.5. The molecule has 9 aromatic rings. The first kappa shape index (κ1) is 30.2. The Morgan fingerprint density at radius 1 is 0.306 bits per heavy atom. The molecule has 0 unspecified atom stereocenters. The molecule has 9 rings (SSSR count). The fourth-order valence-electron chi connectivity index (χ4n) is 8.91. The Hall–Kier alpha value is -4.88. The molecule has 0 aliphatic carbocycles. The Kier molecular flexibility index (Phi) is 6.66. The van der Waals surface area contributed by atoms with E-state index < -0.39 is 0 Å². The van der Waals surface area contributed by atoms with Crippen LogP contribution in [0.2, 0.25) is 0 Å².